The minimum absolute atomic E-state index is 0.0597. The van der Waals surface area contributed by atoms with Gasteiger partial charge in [0.25, 0.3) is 0 Å². The Labute approximate surface area is 275 Å². The topological polar surface area (TPSA) is 113 Å². The molecule has 0 bridgehead atoms. The van der Waals surface area contributed by atoms with Gasteiger partial charge in [-0.3, -0.25) is 4.52 Å². The Hall–Kier alpha value is -2.79. The van der Waals surface area contributed by atoms with Crippen molar-refractivity contribution in [2.24, 2.45) is 5.92 Å². The fourth-order valence-electron chi connectivity index (χ4n) is 4.93. The largest absolute Gasteiger partial charge is 0.531 e. The van der Waals surface area contributed by atoms with Crippen LogP contribution in [-0.4, -0.2) is 42.2 Å². The van der Waals surface area contributed by atoms with Crippen molar-refractivity contribution in [2.75, 3.05) is 24.8 Å². The van der Waals surface area contributed by atoms with Crippen LogP contribution in [0.15, 0.2) is 72.8 Å². The highest BCUT2D eigenvalue weighted by Crippen LogP contribution is 2.52. The third-order valence-electron chi connectivity index (χ3n) is 7.09. The van der Waals surface area contributed by atoms with Crippen LogP contribution in [0.1, 0.15) is 76.4 Å². The Bertz CT molecular complexity index is 1460. The predicted molar refractivity (Wildman–Crippen MR) is 176 cm³/mol. The Morgan fingerprint density at radius 2 is 1.46 bits per heavy atom. The van der Waals surface area contributed by atoms with Gasteiger partial charge in [-0.2, -0.15) is 0 Å². The van der Waals surface area contributed by atoms with Crippen LogP contribution in [0, 0.1) is 5.92 Å². The maximum absolute atomic E-state index is 13.5. The van der Waals surface area contributed by atoms with Gasteiger partial charge in [0.1, 0.15) is 0 Å². The highest BCUT2D eigenvalue weighted by molar-refractivity contribution is 7.48. The summed E-state index contributed by atoms with van der Waals surface area (Å²) in [6, 6.07) is 22.5. The Balaban J connectivity index is 1.56. The lowest BCUT2D eigenvalue weighted by Crippen LogP contribution is -2.36. The summed E-state index contributed by atoms with van der Waals surface area (Å²) < 4.78 is 35.9. The molecule has 0 saturated carbocycles. The number of aromatic carboxylic acids is 1. The number of piperidine rings is 1. The molecule has 0 aliphatic carbocycles. The average molecular weight is 676 g/mol. The zero-order chi connectivity index (χ0) is 33.5. The van der Waals surface area contributed by atoms with E-state index in [0.717, 1.165) is 48.3 Å². The molecule has 0 aromatic heterocycles. The first kappa shape index (κ1) is 36.1. The number of benzene rings is 3. The van der Waals surface area contributed by atoms with Crippen LogP contribution in [0.4, 0.5) is 5.69 Å². The second-order valence-electron chi connectivity index (χ2n) is 13.1. The second-order valence-corrected chi connectivity index (χ2v) is 15.0. The third-order valence-corrected chi connectivity index (χ3v) is 8.27. The number of halogens is 1. The molecule has 250 valence electrons. The van der Waals surface area contributed by atoms with E-state index in [9.17, 15) is 14.5 Å². The van der Waals surface area contributed by atoms with Crippen molar-refractivity contribution >= 4 is 31.1 Å². The zero-order valence-corrected chi connectivity index (χ0v) is 28.8. The zero-order valence-electron chi connectivity index (χ0n) is 27.1. The monoisotopic (exact) mass is 675 g/mol. The molecule has 0 spiro atoms. The van der Waals surface area contributed by atoms with Gasteiger partial charge in [-0.15, -0.1) is 9.35 Å². The van der Waals surface area contributed by atoms with Gasteiger partial charge in [0.2, 0.25) is 0 Å². The van der Waals surface area contributed by atoms with Gasteiger partial charge in [-0.25, -0.2) is 19.1 Å². The molecule has 3 aromatic rings. The maximum Gasteiger partial charge on any atom is 0.531 e. The number of carbonyl (C=O) groups is 1. The minimum atomic E-state index is -4.37. The van der Waals surface area contributed by atoms with Crippen molar-refractivity contribution in [2.45, 2.75) is 71.7 Å². The predicted octanol–water partition coefficient (Wildman–Crippen LogP) is 9.26. The summed E-state index contributed by atoms with van der Waals surface area (Å²) in [5.74, 6) is -0.897. The van der Waals surface area contributed by atoms with Crippen molar-refractivity contribution < 1.29 is 42.9 Å². The molecule has 0 unspecified atom stereocenters. The number of carboxylic acid groups (broad SMARTS) is 1. The highest BCUT2D eigenvalue weighted by atomic mass is 35.5. The van der Waals surface area contributed by atoms with Gasteiger partial charge in [0.15, 0.2) is 6.79 Å². The van der Waals surface area contributed by atoms with Gasteiger partial charge >= 0.3 is 13.8 Å². The van der Waals surface area contributed by atoms with Crippen LogP contribution >= 0.6 is 19.4 Å². The molecule has 1 aliphatic heterocycles. The van der Waals surface area contributed by atoms with Crippen LogP contribution in [0.5, 0.6) is 0 Å². The smallest absolute Gasteiger partial charge is 0.478 e. The van der Waals surface area contributed by atoms with Crippen LogP contribution in [0.25, 0.3) is 11.1 Å². The number of rotatable bonds is 13. The molecular weight excluding hydrogens is 633 g/mol. The first-order valence-corrected chi connectivity index (χ1v) is 17.0. The molecule has 1 saturated heterocycles. The fraction of sp³-hybridized carbons (Fsp3) is 0.441. The fourth-order valence-corrected chi connectivity index (χ4v) is 5.99. The van der Waals surface area contributed by atoms with Crippen molar-refractivity contribution in [3.05, 3.63) is 88.9 Å². The molecule has 1 aliphatic rings. The van der Waals surface area contributed by atoms with Crippen LogP contribution in [0.3, 0.4) is 0 Å². The lowest BCUT2D eigenvalue weighted by atomic mass is 9.84. The van der Waals surface area contributed by atoms with E-state index in [1.807, 2.05) is 60.7 Å². The lowest BCUT2D eigenvalue weighted by Gasteiger charge is -2.38. The van der Waals surface area contributed by atoms with E-state index in [1.54, 1.807) is 53.7 Å². The molecule has 1 heterocycles. The van der Waals surface area contributed by atoms with E-state index >= 15 is 0 Å². The highest BCUT2D eigenvalue weighted by Gasteiger charge is 2.37. The van der Waals surface area contributed by atoms with Gasteiger partial charge in [0.05, 0.1) is 22.9 Å². The first-order chi connectivity index (χ1) is 21.6. The summed E-state index contributed by atoms with van der Waals surface area (Å²) in [5, 5.41) is 9.90. The standard InChI is InChI=1S/C34H43ClNO9P/c1-33(2,3)42-44-46(39,45-43-34(4,5)6)41-23-40-31(30-10-8-7-9-29(30)24-11-15-27(35)16-12-24)25-19-21-36(22-20-25)28-17-13-26(14-18-28)32(37)38/h7-18,25,31H,19-23H2,1-6H3,(H,37,38)/t31-/m1/s1. The first-order valence-electron chi connectivity index (χ1n) is 15.2. The van der Waals surface area contributed by atoms with E-state index in [0.29, 0.717) is 5.02 Å². The molecule has 1 fully saturated rings. The molecule has 46 heavy (non-hydrogen) atoms. The van der Waals surface area contributed by atoms with Crippen molar-refractivity contribution in [1.29, 1.82) is 0 Å². The Kier molecular flexibility index (Phi) is 12.1. The number of ether oxygens (including phenoxy) is 1. The van der Waals surface area contributed by atoms with Crippen LogP contribution in [0.2, 0.25) is 5.02 Å². The number of phosphoric acid groups is 1. The number of anilines is 1. The molecular formula is C34H43ClNO9P. The summed E-state index contributed by atoms with van der Waals surface area (Å²) in [6.07, 6.45) is 1.08. The van der Waals surface area contributed by atoms with Crippen LogP contribution in [-0.2, 0) is 32.9 Å². The normalized spacial score (nSPS) is 15.6. The lowest BCUT2D eigenvalue weighted by molar-refractivity contribution is -0.340. The molecule has 0 radical (unpaired) electrons. The number of nitrogens with zero attached hydrogens (tertiary/aromatic N) is 1. The third kappa shape index (κ3) is 10.6. The summed E-state index contributed by atoms with van der Waals surface area (Å²) in [5.41, 5.74) is 2.49. The quantitative estimate of drug-likeness (QED) is 0.0814. The SMILES string of the molecule is CC(C)(C)OOP(=O)(OCO[C@@H](c1ccccc1-c1ccc(Cl)cc1)C1CCN(c2ccc(C(=O)O)cc2)CC1)OOC(C)(C)C. The summed E-state index contributed by atoms with van der Waals surface area (Å²) in [4.78, 5) is 24.1. The van der Waals surface area contributed by atoms with Crippen LogP contribution < -0.4 is 4.90 Å². The van der Waals surface area contributed by atoms with E-state index in [2.05, 4.69) is 4.90 Å². The number of hydrogen-bond acceptors (Lipinski definition) is 9. The molecule has 1 atom stereocenters. The van der Waals surface area contributed by atoms with E-state index in [1.165, 1.54) is 0 Å². The molecule has 3 aromatic carbocycles. The summed E-state index contributed by atoms with van der Waals surface area (Å²) >= 11 is 6.18. The van der Waals surface area contributed by atoms with Gasteiger partial charge < -0.3 is 14.7 Å². The summed E-state index contributed by atoms with van der Waals surface area (Å²) in [7, 11) is -4.37. The number of hydrogen-bond donors (Lipinski definition) is 1. The Morgan fingerprint density at radius 1 is 0.891 bits per heavy atom. The minimum Gasteiger partial charge on any atom is -0.478 e. The molecule has 4 rings (SSSR count). The van der Waals surface area contributed by atoms with E-state index < -0.39 is 37.9 Å². The average Bonchev–Trinajstić information content (AvgIpc) is 3.01. The number of carboxylic acids is 1. The maximum atomic E-state index is 13.5. The van der Waals surface area contributed by atoms with Crippen molar-refractivity contribution in [3.8, 4) is 11.1 Å². The Morgan fingerprint density at radius 3 is 2.00 bits per heavy atom. The summed E-state index contributed by atoms with van der Waals surface area (Å²) in [6.45, 7) is 11.4. The van der Waals surface area contributed by atoms with Gasteiger partial charge in [0, 0.05) is 23.8 Å². The molecule has 1 N–H and O–H groups in total. The van der Waals surface area contributed by atoms with E-state index in [4.69, 9.17) is 40.0 Å². The van der Waals surface area contributed by atoms with Crippen molar-refractivity contribution in [3.63, 3.8) is 0 Å². The van der Waals surface area contributed by atoms with E-state index in [-0.39, 0.29) is 11.5 Å². The molecule has 10 nitrogen and oxygen atoms in total. The molecule has 12 heteroatoms. The molecule has 0 amide bonds. The van der Waals surface area contributed by atoms with Gasteiger partial charge in [-0.05, 0) is 113 Å². The van der Waals surface area contributed by atoms with Gasteiger partial charge in [-0.1, -0.05) is 48.0 Å². The second kappa shape index (κ2) is 15.4. The van der Waals surface area contributed by atoms with Crippen molar-refractivity contribution in [1.82, 2.24) is 0 Å².